The maximum Gasteiger partial charge on any atom is 0.132 e. The van der Waals surface area contributed by atoms with Crippen LogP contribution in [0.5, 0.6) is 5.75 Å². The van der Waals surface area contributed by atoms with Gasteiger partial charge in [-0.05, 0) is 46.9 Å². The molecule has 0 spiro atoms. The van der Waals surface area contributed by atoms with Crippen LogP contribution in [-0.2, 0) is 13.7 Å². The van der Waals surface area contributed by atoms with Crippen LogP contribution in [0.4, 0.5) is 0 Å². The lowest BCUT2D eigenvalue weighted by molar-refractivity contribution is 0.302. The Labute approximate surface area is 102 Å². The number of halogens is 1. The molecule has 3 nitrogen and oxygen atoms in total. The zero-order valence-electron chi connectivity index (χ0n) is 8.35. The Morgan fingerprint density at radius 3 is 2.67 bits per heavy atom. The highest BCUT2D eigenvalue weighted by Gasteiger charge is 1.98. The lowest BCUT2D eigenvalue weighted by atomic mass is 10.3. The Morgan fingerprint density at radius 2 is 2.07 bits per heavy atom. The molecule has 0 saturated heterocycles. The molecule has 2 rings (SSSR count). The molecule has 0 unspecified atom stereocenters. The van der Waals surface area contributed by atoms with Gasteiger partial charge in [0, 0.05) is 16.8 Å². The van der Waals surface area contributed by atoms with Gasteiger partial charge in [0.05, 0.1) is 12.0 Å². The maximum atomic E-state index is 5.58. The van der Waals surface area contributed by atoms with E-state index in [1.807, 2.05) is 42.1 Å². The number of benzene rings is 1. The van der Waals surface area contributed by atoms with Crippen molar-refractivity contribution in [3.05, 3.63) is 46.1 Å². The molecule has 0 amide bonds. The van der Waals surface area contributed by atoms with Crippen LogP contribution in [-0.4, -0.2) is 9.55 Å². The summed E-state index contributed by atoms with van der Waals surface area (Å²) in [7, 11) is 1.95. The van der Waals surface area contributed by atoms with Crippen LogP contribution < -0.4 is 4.74 Å². The highest BCUT2D eigenvalue weighted by Crippen LogP contribution is 2.14. The van der Waals surface area contributed by atoms with Crippen molar-refractivity contribution in [3.8, 4) is 5.75 Å². The van der Waals surface area contributed by atoms with E-state index in [0.29, 0.717) is 6.61 Å². The first-order valence-electron chi connectivity index (χ1n) is 4.59. The lowest BCUT2D eigenvalue weighted by Crippen LogP contribution is -1.95. The minimum absolute atomic E-state index is 0.515. The van der Waals surface area contributed by atoms with Crippen molar-refractivity contribution in [2.75, 3.05) is 0 Å². The zero-order chi connectivity index (χ0) is 10.7. The highest BCUT2D eigenvalue weighted by molar-refractivity contribution is 14.1. The van der Waals surface area contributed by atoms with Crippen molar-refractivity contribution in [2.45, 2.75) is 6.61 Å². The van der Waals surface area contributed by atoms with Crippen molar-refractivity contribution in [1.82, 2.24) is 9.55 Å². The van der Waals surface area contributed by atoms with Crippen molar-refractivity contribution in [1.29, 1.82) is 0 Å². The summed E-state index contributed by atoms with van der Waals surface area (Å²) in [4.78, 5) is 4.18. The van der Waals surface area contributed by atoms with Crippen LogP contribution in [0.3, 0.4) is 0 Å². The summed E-state index contributed by atoms with van der Waals surface area (Å²) in [5, 5.41) is 0. The molecule has 0 aliphatic carbocycles. The first kappa shape index (κ1) is 10.5. The summed E-state index contributed by atoms with van der Waals surface area (Å²) >= 11 is 2.27. The third-order valence-electron chi connectivity index (χ3n) is 1.96. The Hall–Kier alpha value is -1.04. The van der Waals surface area contributed by atoms with Crippen LogP contribution in [0.2, 0.25) is 0 Å². The maximum absolute atomic E-state index is 5.58. The number of hydrogen-bond donors (Lipinski definition) is 0. The van der Waals surface area contributed by atoms with E-state index in [9.17, 15) is 0 Å². The zero-order valence-corrected chi connectivity index (χ0v) is 10.5. The van der Waals surface area contributed by atoms with E-state index >= 15 is 0 Å². The Morgan fingerprint density at radius 1 is 1.33 bits per heavy atom. The molecule has 4 heteroatoms. The summed E-state index contributed by atoms with van der Waals surface area (Å²) in [6.45, 7) is 0.515. The fourth-order valence-corrected chi connectivity index (χ4v) is 1.59. The largest absolute Gasteiger partial charge is 0.487 e. The summed E-state index contributed by atoms with van der Waals surface area (Å²) in [5.41, 5.74) is 0.941. The molecular weight excluding hydrogens is 303 g/mol. The molecule has 1 aromatic heterocycles. The third-order valence-corrected chi connectivity index (χ3v) is 2.68. The molecule has 0 saturated carbocycles. The monoisotopic (exact) mass is 314 g/mol. The number of imidazole rings is 1. The molecule has 1 aromatic carbocycles. The van der Waals surface area contributed by atoms with Crippen LogP contribution >= 0.6 is 22.6 Å². The van der Waals surface area contributed by atoms with E-state index in [0.717, 1.165) is 11.4 Å². The fraction of sp³-hybridized carbons (Fsp3) is 0.182. The third kappa shape index (κ3) is 2.95. The molecular formula is C11H11IN2O. The summed E-state index contributed by atoms with van der Waals surface area (Å²) in [6, 6.07) is 7.97. The first-order valence-corrected chi connectivity index (χ1v) is 5.67. The summed E-state index contributed by atoms with van der Waals surface area (Å²) in [6.07, 6.45) is 3.72. The molecule has 0 fully saturated rings. The Kier molecular flexibility index (Phi) is 3.25. The smallest absolute Gasteiger partial charge is 0.132 e. The topological polar surface area (TPSA) is 27.1 Å². The van der Waals surface area contributed by atoms with Gasteiger partial charge in [-0.25, -0.2) is 4.98 Å². The molecule has 15 heavy (non-hydrogen) atoms. The van der Waals surface area contributed by atoms with Crippen molar-refractivity contribution in [3.63, 3.8) is 0 Å². The van der Waals surface area contributed by atoms with Gasteiger partial charge in [-0.2, -0.15) is 0 Å². The number of ether oxygens (including phenoxy) is 1. The minimum atomic E-state index is 0.515. The predicted molar refractivity (Wildman–Crippen MR) is 66.7 cm³/mol. The second-order valence-corrected chi connectivity index (χ2v) is 4.52. The van der Waals surface area contributed by atoms with Gasteiger partial charge in [-0.1, -0.05) is 0 Å². The SMILES string of the molecule is Cn1cnc(COc2ccc(I)cc2)c1. The normalized spacial score (nSPS) is 10.3. The molecule has 0 atom stereocenters. The fourth-order valence-electron chi connectivity index (χ4n) is 1.23. The standard InChI is InChI=1S/C11H11IN2O/c1-14-6-10(13-8-14)7-15-11-4-2-9(12)3-5-11/h2-6,8H,7H2,1H3. The van der Waals surface area contributed by atoms with Crippen LogP contribution in [0.15, 0.2) is 36.8 Å². The molecule has 1 heterocycles. The van der Waals surface area contributed by atoms with Crippen LogP contribution in [0.25, 0.3) is 0 Å². The number of aryl methyl sites for hydroxylation is 1. The Balaban J connectivity index is 1.96. The molecule has 78 valence electrons. The molecule has 0 N–H and O–H groups in total. The molecule has 2 aromatic rings. The highest BCUT2D eigenvalue weighted by atomic mass is 127. The van der Waals surface area contributed by atoms with Crippen molar-refractivity contribution >= 4 is 22.6 Å². The average Bonchev–Trinajstić information content (AvgIpc) is 2.64. The average molecular weight is 314 g/mol. The second-order valence-electron chi connectivity index (χ2n) is 3.27. The van der Waals surface area contributed by atoms with Crippen molar-refractivity contribution in [2.24, 2.45) is 7.05 Å². The predicted octanol–water partition coefficient (Wildman–Crippen LogP) is 2.60. The van der Waals surface area contributed by atoms with Gasteiger partial charge < -0.3 is 9.30 Å². The van der Waals surface area contributed by atoms with E-state index < -0.39 is 0 Å². The number of aromatic nitrogens is 2. The number of hydrogen-bond acceptors (Lipinski definition) is 2. The van der Waals surface area contributed by atoms with Gasteiger partial charge in [0.15, 0.2) is 0 Å². The van der Waals surface area contributed by atoms with Gasteiger partial charge in [-0.3, -0.25) is 0 Å². The summed E-state index contributed by atoms with van der Waals surface area (Å²) in [5.74, 6) is 0.876. The van der Waals surface area contributed by atoms with E-state index in [-0.39, 0.29) is 0 Å². The van der Waals surface area contributed by atoms with Gasteiger partial charge in [-0.15, -0.1) is 0 Å². The van der Waals surface area contributed by atoms with E-state index in [1.165, 1.54) is 3.57 Å². The molecule has 0 bridgehead atoms. The van der Waals surface area contributed by atoms with E-state index in [1.54, 1.807) is 6.33 Å². The second kappa shape index (κ2) is 4.65. The van der Waals surface area contributed by atoms with E-state index in [4.69, 9.17) is 4.74 Å². The lowest BCUT2D eigenvalue weighted by Gasteiger charge is -2.03. The molecule has 0 radical (unpaired) electrons. The summed E-state index contributed by atoms with van der Waals surface area (Å²) < 4.78 is 8.70. The van der Waals surface area contributed by atoms with Gasteiger partial charge in [0.1, 0.15) is 12.4 Å². The molecule has 0 aliphatic heterocycles. The van der Waals surface area contributed by atoms with E-state index in [2.05, 4.69) is 27.6 Å². The quantitative estimate of drug-likeness (QED) is 0.814. The molecule has 0 aliphatic rings. The first-order chi connectivity index (χ1) is 7.24. The van der Waals surface area contributed by atoms with Gasteiger partial charge in [0.2, 0.25) is 0 Å². The van der Waals surface area contributed by atoms with Crippen LogP contribution in [0, 0.1) is 3.57 Å². The van der Waals surface area contributed by atoms with Crippen molar-refractivity contribution < 1.29 is 4.74 Å². The number of nitrogens with zero attached hydrogens (tertiary/aromatic N) is 2. The Bertz CT molecular complexity index is 436. The van der Waals surface area contributed by atoms with Gasteiger partial charge >= 0.3 is 0 Å². The minimum Gasteiger partial charge on any atom is -0.487 e. The number of rotatable bonds is 3. The van der Waals surface area contributed by atoms with Gasteiger partial charge in [0.25, 0.3) is 0 Å². The van der Waals surface area contributed by atoms with Crippen LogP contribution in [0.1, 0.15) is 5.69 Å².